The first-order valence-corrected chi connectivity index (χ1v) is 13.0. The van der Waals surface area contributed by atoms with E-state index in [1.807, 2.05) is 19.9 Å². The molecule has 2 saturated heterocycles. The van der Waals surface area contributed by atoms with Crippen LogP contribution in [-0.2, 0) is 23.9 Å². The van der Waals surface area contributed by atoms with Gasteiger partial charge in [0, 0.05) is 19.0 Å². The zero-order valence-electron chi connectivity index (χ0n) is 23.3. The molecule has 40 heavy (non-hydrogen) atoms. The van der Waals surface area contributed by atoms with Gasteiger partial charge in [0.15, 0.2) is 6.21 Å². The molecule has 0 bridgehead atoms. The van der Waals surface area contributed by atoms with Crippen LogP contribution >= 0.6 is 0 Å². The van der Waals surface area contributed by atoms with Gasteiger partial charge in [0.2, 0.25) is 17.7 Å². The Bertz CT molecular complexity index is 1170. The molecule has 0 aromatic carbocycles. The van der Waals surface area contributed by atoms with E-state index >= 15 is 0 Å². The number of amides is 5. The lowest BCUT2D eigenvalue weighted by Crippen LogP contribution is -2.55. The molecule has 1 aliphatic carbocycles. The van der Waals surface area contributed by atoms with Gasteiger partial charge in [-0.15, -0.1) is 0 Å². The number of imide groups is 1. The molecule has 6 atom stereocenters. The molecule has 3 aliphatic rings. The first kappa shape index (κ1) is 31.0. The molecule has 14 heteroatoms. The van der Waals surface area contributed by atoms with Gasteiger partial charge in [0.05, 0.1) is 13.2 Å². The summed E-state index contributed by atoms with van der Waals surface area (Å²) in [4.78, 5) is 64.8. The minimum atomic E-state index is -5.42. The molecule has 5 amide bonds. The van der Waals surface area contributed by atoms with Crippen molar-refractivity contribution < 1.29 is 46.5 Å². The van der Waals surface area contributed by atoms with Crippen LogP contribution in [0.1, 0.15) is 47.5 Å². The van der Waals surface area contributed by atoms with E-state index in [0.29, 0.717) is 19.2 Å². The number of nitrogens with zero attached hydrogens (tertiary/aromatic N) is 3. The van der Waals surface area contributed by atoms with Gasteiger partial charge >= 0.3 is 18.2 Å². The first-order chi connectivity index (χ1) is 18.4. The predicted octanol–water partition coefficient (Wildman–Crippen LogP) is 1.60. The fourth-order valence-corrected chi connectivity index (χ4v) is 5.80. The number of rotatable bonds is 6. The summed E-state index contributed by atoms with van der Waals surface area (Å²) in [5.41, 5.74) is -1.39. The van der Waals surface area contributed by atoms with E-state index in [0.717, 1.165) is 7.11 Å². The number of nitriles is 1. The Morgan fingerprint density at radius 3 is 2.38 bits per heavy atom. The summed E-state index contributed by atoms with van der Waals surface area (Å²) < 4.78 is 43.9. The zero-order chi connectivity index (χ0) is 30.4. The molecule has 2 heterocycles. The normalized spacial score (nSPS) is 27.1. The molecule has 2 N–H and O–H groups in total. The summed E-state index contributed by atoms with van der Waals surface area (Å²) in [6, 6.07) is -0.0428. The maximum absolute atomic E-state index is 13.9. The average molecular weight is 571 g/mol. The lowest BCUT2D eigenvalue weighted by atomic mass is 9.80. The van der Waals surface area contributed by atoms with Crippen molar-refractivity contribution in [1.82, 2.24) is 15.5 Å². The molecule has 3 rings (SSSR count). The topological polar surface area (TPSA) is 149 Å². The van der Waals surface area contributed by atoms with Crippen molar-refractivity contribution >= 4 is 35.9 Å². The molecule has 0 aromatic rings. The highest BCUT2D eigenvalue weighted by Gasteiger charge is 2.70. The number of methoxy groups -OCH3 is 1. The van der Waals surface area contributed by atoms with Crippen LogP contribution in [0.3, 0.4) is 0 Å². The first-order valence-electron chi connectivity index (χ1n) is 13.0. The summed E-state index contributed by atoms with van der Waals surface area (Å²) in [6.07, 6.45) is -5.81. The molecule has 2 aliphatic heterocycles. The fraction of sp³-hybridized carbons (Fsp3) is 0.731. The molecule has 0 aromatic heterocycles. The second kappa shape index (κ2) is 10.8. The SMILES string of the molecule is COC(=O)/[N+](=C/C(C(=O)N1C[C@H]2C([C@H]1C(=O)N[C@H](C#N)C[C@@H]1CCNC1=O)C2(C)C)C(C)(C)C)C(=O)C(F)(F)F. The smallest absolute Gasteiger partial charge is 0.415 e. The largest absolute Gasteiger partial charge is 0.604 e. The molecule has 0 radical (unpaired) electrons. The molecule has 11 nitrogen and oxygen atoms in total. The van der Waals surface area contributed by atoms with E-state index in [9.17, 15) is 42.4 Å². The molecule has 1 saturated carbocycles. The summed E-state index contributed by atoms with van der Waals surface area (Å²) in [5, 5.41) is 15.0. The number of hydrogen-bond acceptors (Lipinski definition) is 7. The van der Waals surface area contributed by atoms with Gasteiger partial charge in [0.25, 0.3) is 0 Å². The predicted molar refractivity (Wildman–Crippen MR) is 132 cm³/mol. The number of nitrogens with one attached hydrogen (secondary N) is 2. The standard InChI is InChI=1S/C26H34F3N5O6/c1-24(2,3)16(12-34(23(39)40-6)22(38)26(27,28)29)21(37)33-11-15-17(25(15,4)5)18(33)20(36)32-14(10-30)9-13-7-8-31-19(13)35/h12-18H,7-9,11H2,1-6H3,(H-,31,32,35,36)/p+1/b34-12+/t13-,14-,15-,16?,17?,18-/m0/s1. The number of hydrogen-bond donors (Lipinski definition) is 2. The van der Waals surface area contributed by atoms with Crippen LogP contribution in [0.4, 0.5) is 18.0 Å². The van der Waals surface area contributed by atoms with E-state index in [4.69, 9.17) is 0 Å². The van der Waals surface area contributed by atoms with Crippen molar-refractivity contribution in [2.75, 3.05) is 20.2 Å². The summed E-state index contributed by atoms with van der Waals surface area (Å²) in [7, 11) is 0.804. The number of piperidine rings is 1. The van der Waals surface area contributed by atoms with E-state index in [1.165, 1.54) is 4.90 Å². The second-order valence-corrected chi connectivity index (χ2v) is 12.2. The zero-order valence-corrected chi connectivity index (χ0v) is 23.3. The highest BCUT2D eigenvalue weighted by atomic mass is 19.4. The molecule has 220 valence electrons. The Hall–Kier alpha value is -3.50. The lowest BCUT2D eigenvalue weighted by Gasteiger charge is -2.35. The highest BCUT2D eigenvalue weighted by molar-refractivity contribution is 5.99. The number of alkyl halides is 3. The number of carbonyl (C=O) groups is 5. The number of ether oxygens (including phenoxy) is 1. The minimum Gasteiger partial charge on any atom is -0.415 e. The second-order valence-electron chi connectivity index (χ2n) is 12.2. The molecule has 0 spiro atoms. The van der Waals surface area contributed by atoms with Gasteiger partial charge in [-0.1, -0.05) is 39.2 Å². The minimum absolute atomic E-state index is 0.0810. The van der Waals surface area contributed by atoms with Crippen molar-refractivity contribution in [3.63, 3.8) is 0 Å². The van der Waals surface area contributed by atoms with Gasteiger partial charge in [-0.25, -0.2) is 4.79 Å². The van der Waals surface area contributed by atoms with E-state index in [2.05, 4.69) is 15.4 Å². The Balaban J connectivity index is 1.94. The van der Waals surface area contributed by atoms with Crippen molar-refractivity contribution in [3.8, 4) is 6.07 Å². The third-order valence-electron chi connectivity index (χ3n) is 8.25. The molecule has 3 fully saturated rings. The van der Waals surface area contributed by atoms with Crippen molar-refractivity contribution in [2.24, 2.45) is 34.5 Å². The van der Waals surface area contributed by atoms with Gasteiger partial charge in [0.1, 0.15) is 18.0 Å². The van der Waals surface area contributed by atoms with E-state index in [-0.39, 0.29) is 40.7 Å². The quantitative estimate of drug-likeness (QED) is 0.364. The highest BCUT2D eigenvalue weighted by Crippen LogP contribution is 2.65. The van der Waals surface area contributed by atoms with Crippen molar-refractivity contribution in [3.05, 3.63) is 0 Å². The molecule has 2 unspecified atom stereocenters. The van der Waals surface area contributed by atoms with Gasteiger partial charge < -0.3 is 20.3 Å². The maximum Gasteiger partial charge on any atom is 0.604 e. The Labute approximate surface area is 230 Å². The van der Waals surface area contributed by atoms with Crippen LogP contribution in [0.5, 0.6) is 0 Å². The number of fused-ring (bicyclic) bond motifs is 1. The third kappa shape index (κ3) is 5.97. The Morgan fingerprint density at radius 2 is 1.90 bits per heavy atom. The summed E-state index contributed by atoms with van der Waals surface area (Å²) >= 11 is 0. The van der Waals surface area contributed by atoms with Crippen LogP contribution in [0, 0.1) is 45.8 Å². The number of halogens is 3. The number of likely N-dealkylation sites (tertiary alicyclic amines) is 1. The van der Waals surface area contributed by atoms with Crippen LogP contribution in [-0.4, -0.2) is 83.9 Å². The van der Waals surface area contributed by atoms with Crippen LogP contribution < -0.4 is 10.6 Å². The third-order valence-corrected chi connectivity index (χ3v) is 8.25. The van der Waals surface area contributed by atoms with Crippen LogP contribution in [0.2, 0.25) is 0 Å². The Morgan fingerprint density at radius 1 is 1.27 bits per heavy atom. The van der Waals surface area contributed by atoms with Crippen molar-refractivity contribution in [2.45, 2.75) is 65.7 Å². The summed E-state index contributed by atoms with van der Waals surface area (Å²) in [6.45, 7) is 9.12. The average Bonchev–Trinajstić information content (AvgIpc) is 3.20. The monoisotopic (exact) mass is 570 g/mol. The van der Waals surface area contributed by atoms with E-state index in [1.54, 1.807) is 20.8 Å². The van der Waals surface area contributed by atoms with Crippen LogP contribution in [0.15, 0.2) is 0 Å². The van der Waals surface area contributed by atoms with Gasteiger partial charge in [-0.3, -0.25) is 14.4 Å². The Kier molecular flexibility index (Phi) is 8.39. The van der Waals surface area contributed by atoms with Crippen molar-refractivity contribution in [1.29, 1.82) is 5.26 Å². The lowest BCUT2D eigenvalue weighted by molar-refractivity contribution is -0.400. The van der Waals surface area contributed by atoms with Crippen LogP contribution in [0.25, 0.3) is 0 Å². The fourth-order valence-electron chi connectivity index (χ4n) is 5.80. The summed E-state index contributed by atoms with van der Waals surface area (Å²) in [5.74, 6) is -6.31. The number of carbonyl (C=O) groups excluding carboxylic acids is 5. The van der Waals surface area contributed by atoms with Gasteiger partial charge in [-0.2, -0.15) is 23.2 Å². The van der Waals surface area contributed by atoms with E-state index < -0.39 is 59.3 Å². The van der Waals surface area contributed by atoms with Gasteiger partial charge in [-0.05, 0) is 35.5 Å². The molecular formula is C26H35F3N5O6+. The maximum atomic E-state index is 13.9. The molecular weight excluding hydrogens is 535 g/mol.